The van der Waals surface area contributed by atoms with Crippen molar-refractivity contribution >= 4 is 35.1 Å². The van der Waals surface area contributed by atoms with Gasteiger partial charge in [-0.2, -0.15) is 4.98 Å². The van der Waals surface area contributed by atoms with Gasteiger partial charge < -0.3 is 9.15 Å². The van der Waals surface area contributed by atoms with E-state index in [4.69, 9.17) is 20.8 Å². The zero-order valence-electron chi connectivity index (χ0n) is 13.0. The van der Waals surface area contributed by atoms with Gasteiger partial charge in [-0.25, -0.2) is 4.98 Å². The lowest BCUT2D eigenvalue weighted by atomic mass is 10.3. The van der Waals surface area contributed by atoms with Gasteiger partial charge >= 0.3 is 5.91 Å². The molecule has 0 saturated carbocycles. The quantitative estimate of drug-likeness (QED) is 0.382. The van der Waals surface area contributed by atoms with Crippen molar-refractivity contribution in [3.05, 3.63) is 59.5 Å². The Hall–Kier alpha value is -2.71. The Morgan fingerprint density at radius 3 is 2.72 bits per heavy atom. The zero-order valence-corrected chi connectivity index (χ0v) is 14.6. The minimum Gasteiger partial charge on any atom is -0.459 e. The van der Waals surface area contributed by atoms with E-state index in [1.165, 1.54) is 18.0 Å². The standard InChI is InChI=1S/C16H13ClN4O3S/c1-25-16-18-13(20-21-15(22)12-3-2-8-23-12)9-14(19-16)24-11-6-4-10(17)5-7-11/h2-9H,1H3,(H,21,22)(H,18,19,20). The summed E-state index contributed by atoms with van der Waals surface area (Å²) in [6, 6.07) is 11.6. The van der Waals surface area contributed by atoms with Crippen LogP contribution in [0.5, 0.6) is 11.6 Å². The number of nitrogens with one attached hydrogen (secondary N) is 2. The molecule has 1 aromatic carbocycles. The molecule has 0 atom stereocenters. The predicted molar refractivity (Wildman–Crippen MR) is 95.1 cm³/mol. The van der Waals surface area contributed by atoms with Gasteiger partial charge in [-0.15, -0.1) is 0 Å². The number of carbonyl (C=O) groups is 1. The Labute approximate surface area is 152 Å². The van der Waals surface area contributed by atoms with Crippen LogP contribution in [0.15, 0.2) is 58.3 Å². The third-order valence-electron chi connectivity index (χ3n) is 2.95. The smallest absolute Gasteiger partial charge is 0.305 e. The molecule has 0 aliphatic heterocycles. The number of benzene rings is 1. The first-order chi connectivity index (χ1) is 12.1. The van der Waals surface area contributed by atoms with E-state index >= 15 is 0 Å². The minimum absolute atomic E-state index is 0.185. The maximum absolute atomic E-state index is 11.9. The van der Waals surface area contributed by atoms with Crippen molar-refractivity contribution in [3.8, 4) is 11.6 Å². The minimum atomic E-state index is -0.422. The number of anilines is 1. The van der Waals surface area contributed by atoms with Gasteiger partial charge in [-0.05, 0) is 42.7 Å². The molecule has 2 N–H and O–H groups in total. The number of rotatable bonds is 6. The number of hydrogen-bond acceptors (Lipinski definition) is 7. The molecule has 1 amide bonds. The maximum Gasteiger partial charge on any atom is 0.305 e. The molecule has 7 nitrogen and oxygen atoms in total. The van der Waals surface area contributed by atoms with Gasteiger partial charge in [0, 0.05) is 11.1 Å². The highest BCUT2D eigenvalue weighted by Crippen LogP contribution is 2.25. The van der Waals surface area contributed by atoms with Crippen molar-refractivity contribution in [1.29, 1.82) is 0 Å². The number of carbonyl (C=O) groups excluding carboxylic acids is 1. The van der Waals surface area contributed by atoms with E-state index in [2.05, 4.69) is 20.8 Å². The number of thioether (sulfide) groups is 1. The van der Waals surface area contributed by atoms with E-state index in [0.717, 1.165) is 0 Å². The van der Waals surface area contributed by atoms with Crippen LogP contribution < -0.4 is 15.6 Å². The van der Waals surface area contributed by atoms with Gasteiger partial charge in [0.05, 0.1) is 6.26 Å². The van der Waals surface area contributed by atoms with Crippen LogP contribution in [0.2, 0.25) is 5.02 Å². The first-order valence-electron chi connectivity index (χ1n) is 7.10. The van der Waals surface area contributed by atoms with Gasteiger partial charge in [0.15, 0.2) is 16.7 Å². The zero-order chi connectivity index (χ0) is 17.6. The molecule has 0 aliphatic rings. The number of aromatic nitrogens is 2. The van der Waals surface area contributed by atoms with Crippen LogP contribution in [0.4, 0.5) is 5.82 Å². The summed E-state index contributed by atoms with van der Waals surface area (Å²) in [6.07, 6.45) is 3.26. The van der Waals surface area contributed by atoms with Crippen molar-refractivity contribution in [2.75, 3.05) is 11.7 Å². The third-order valence-corrected chi connectivity index (χ3v) is 3.75. The van der Waals surface area contributed by atoms with Crippen LogP contribution in [0.3, 0.4) is 0 Å². The number of nitrogens with zero attached hydrogens (tertiary/aromatic N) is 2. The monoisotopic (exact) mass is 376 g/mol. The predicted octanol–water partition coefficient (Wildman–Crippen LogP) is 3.99. The highest BCUT2D eigenvalue weighted by atomic mass is 35.5. The molecular weight excluding hydrogens is 364 g/mol. The lowest BCUT2D eigenvalue weighted by molar-refractivity contribution is 0.0935. The second-order valence-corrected chi connectivity index (χ2v) is 5.90. The molecule has 3 rings (SSSR count). The van der Waals surface area contributed by atoms with Crippen molar-refractivity contribution in [3.63, 3.8) is 0 Å². The second-order valence-electron chi connectivity index (χ2n) is 4.69. The van der Waals surface area contributed by atoms with Crippen molar-refractivity contribution in [1.82, 2.24) is 15.4 Å². The third kappa shape index (κ3) is 4.65. The Bertz CT molecular complexity index is 856. The van der Waals surface area contributed by atoms with E-state index in [0.29, 0.717) is 27.6 Å². The molecule has 0 bridgehead atoms. The molecule has 9 heteroatoms. The highest BCUT2D eigenvalue weighted by Gasteiger charge is 2.10. The number of hydrogen-bond donors (Lipinski definition) is 2. The summed E-state index contributed by atoms with van der Waals surface area (Å²) in [5.74, 6) is 1.05. The number of furan rings is 1. The summed E-state index contributed by atoms with van der Waals surface area (Å²) in [5.41, 5.74) is 5.21. The molecule has 25 heavy (non-hydrogen) atoms. The van der Waals surface area contributed by atoms with Crippen LogP contribution in [0.1, 0.15) is 10.6 Å². The molecule has 128 valence electrons. The lowest BCUT2D eigenvalue weighted by Gasteiger charge is -2.10. The van der Waals surface area contributed by atoms with Gasteiger partial charge in [0.25, 0.3) is 0 Å². The van der Waals surface area contributed by atoms with Crippen molar-refractivity contribution in [2.45, 2.75) is 5.16 Å². The number of amides is 1. The molecule has 2 aromatic heterocycles. The average Bonchev–Trinajstić information content (AvgIpc) is 3.16. The van der Waals surface area contributed by atoms with Crippen LogP contribution >= 0.6 is 23.4 Å². The molecular formula is C16H13ClN4O3S. The van der Waals surface area contributed by atoms with Crippen LogP contribution in [-0.2, 0) is 0 Å². The number of hydrazine groups is 1. The summed E-state index contributed by atoms with van der Waals surface area (Å²) in [6.45, 7) is 0. The fraction of sp³-hybridized carbons (Fsp3) is 0.0625. The SMILES string of the molecule is CSc1nc(NNC(=O)c2ccco2)cc(Oc2ccc(Cl)cc2)n1. The van der Waals surface area contributed by atoms with Crippen LogP contribution in [-0.4, -0.2) is 22.1 Å². The summed E-state index contributed by atoms with van der Waals surface area (Å²) in [7, 11) is 0. The molecule has 0 saturated heterocycles. The maximum atomic E-state index is 11.9. The van der Waals surface area contributed by atoms with Crippen molar-refractivity contribution < 1.29 is 13.9 Å². The van der Waals surface area contributed by atoms with E-state index in [-0.39, 0.29) is 5.76 Å². The fourth-order valence-electron chi connectivity index (χ4n) is 1.82. The van der Waals surface area contributed by atoms with Crippen molar-refractivity contribution in [2.24, 2.45) is 0 Å². The topological polar surface area (TPSA) is 89.3 Å². The Balaban J connectivity index is 1.73. The van der Waals surface area contributed by atoms with Crippen LogP contribution in [0, 0.1) is 0 Å². The Morgan fingerprint density at radius 2 is 2.04 bits per heavy atom. The van der Waals surface area contributed by atoms with E-state index < -0.39 is 5.91 Å². The largest absolute Gasteiger partial charge is 0.459 e. The number of halogens is 1. The first kappa shape index (κ1) is 17.1. The average molecular weight is 377 g/mol. The summed E-state index contributed by atoms with van der Waals surface area (Å²) >= 11 is 7.21. The highest BCUT2D eigenvalue weighted by molar-refractivity contribution is 7.98. The van der Waals surface area contributed by atoms with E-state index in [1.54, 1.807) is 42.5 Å². The second kappa shape index (κ2) is 7.91. The normalized spacial score (nSPS) is 10.3. The molecule has 3 aromatic rings. The molecule has 0 aliphatic carbocycles. The van der Waals surface area contributed by atoms with Crippen LogP contribution in [0.25, 0.3) is 0 Å². The molecule has 2 heterocycles. The fourth-order valence-corrected chi connectivity index (χ4v) is 2.32. The number of ether oxygens (including phenoxy) is 1. The summed E-state index contributed by atoms with van der Waals surface area (Å²) in [4.78, 5) is 20.4. The summed E-state index contributed by atoms with van der Waals surface area (Å²) < 4.78 is 10.7. The van der Waals surface area contributed by atoms with Gasteiger partial charge in [-0.3, -0.25) is 15.6 Å². The molecule has 0 radical (unpaired) electrons. The summed E-state index contributed by atoms with van der Waals surface area (Å²) in [5, 5.41) is 1.10. The van der Waals surface area contributed by atoms with Gasteiger partial charge in [0.2, 0.25) is 5.88 Å². The lowest BCUT2D eigenvalue weighted by Crippen LogP contribution is -2.29. The van der Waals surface area contributed by atoms with E-state index in [9.17, 15) is 4.79 Å². The van der Waals surface area contributed by atoms with Gasteiger partial charge in [-0.1, -0.05) is 23.4 Å². The Morgan fingerprint density at radius 1 is 1.24 bits per heavy atom. The van der Waals surface area contributed by atoms with Gasteiger partial charge in [0.1, 0.15) is 5.75 Å². The Kier molecular flexibility index (Phi) is 5.42. The van der Waals surface area contributed by atoms with E-state index in [1.807, 2.05) is 6.26 Å². The molecule has 0 unspecified atom stereocenters. The molecule has 0 fully saturated rings. The molecule has 0 spiro atoms. The first-order valence-corrected chi connectivity index (χ1v) is 8.70.